The monoisotopic (exact) mass is 294 g/mol. The van der Waals surface area contributed by atoms with Crippen molar-refractivity contribution in [3.05, 3.63) is 11.1 Å². The maximum absolute atomic E-state index is 2.39. The van der Waals surface area contributed by atoms with Crippen LogP contribution in [0.5, 0.6) is 0 Å². The van der Waals surface area contributed by atoms with Crippen LogP contribution in [0.25, 0.3) is 0 Å². The molecular formula is C12H23I. The van der Waals surface area contributed by atoms with Gasteiger partial charge in [-0.2, -0.15) is 0 Å². The van der Waals surface area contributed by atoms with Crippen molar-refractivity contribution in [2.75, 3.05) is 0 Å². The van der Waals surface area contributed by atoms with E-state index in [4.69, 9.17) is 0 Å². The molecule has 0 aromatic carbocycles. The van der Waals surface area contributed by atoms with E-state index < -0.39 is 0 Å². The minimum absolute atomic E-state index is 0. The standard InChI is InChI=1S/C12H22.HI/c1-8-7-9(2)11(4)12(5,6)10(8)3;/h8,10H,7H2,1-6H3;1H. The van der Waals surface area contributed by atoms with Crippen LogP contribution in [0.3, 0.4) is 0 Å². The highest BCUT2D eigenvalue weighted by molar-refractivity contribution is 14.0. The van der Waals surface area contributed by atoms with Crippen LogP contribution in [0.4, 0.5) is 0 Å². The first-order valence-electron chi connectivity index (χ1n) is 5.04. The average Bonchev–Trinajstić information content (AvgIpc) is 1.99. The summed E-state index contributed by atoms with van der Waals surface area (Å²) in [5.74, 6) is 1.67. The fourth-order valence-electron chi connectivity index (χ4n) is 2.42. The molecular weight excluding hydrogens is 271 g/mol. The predicted octanol–water partition coefficient (Wildman–Crippen LogP) is 4.64. The quantitative estimate of drug-likeness (QED) is 0.451. The van der Waals surface area contributed by atoms with Gasteiger partial charge in [-0.3, -0.25) is 0 Å². The molecule has 78 valence electrons. The van der Waals surface area contributed by atoms with Crippen molar-refractivity contribution in [1.82, 2.24) is 0 Å². The Kier molecular flexibility index (Phi) is 4.48. The highest BCUT2D eigenvalue weighted by atomic mass is 127. The van der Waals surface area contributed by atoms with E-state index in [0.29, 0.717) is 5.41 Å². The van der Waals surface area contributed by atoms with E-state index in [-0.39, 0.29) is 24.0 Å². The van der Waals surface area contributed by atoms with Crippen LogP contribution in [0, 0.1) is 17.3 Å². The molecule has 13 heavy (non-hydrogen) atoms. The normalized spacial score (nSPS) is 32.8. The summed E-state index contributed by atoms with van der Waals surface area (Å²) in [5.41, 5.74) is 3.65. The molecule has 0 fully saturated rings. The number of hydrogen-bond donors (Lipinski definition) is 0. The minimum atomic E-state index is 0. The summed E-state index contributed by atoms with van der Waals surface area (Å²) >= 11 is 0. The molecule has 0 spiro atoms. The highest BCUT2D eigenvalue weighted by Crippen LogP contribution is 2.46. The second-order valence-corrected chi connectivity index (χ2v) is 5.10. The van der Waals surface area contributed by atoms with E-state index in [1.165, 1.54) is 6.42 Å². The predicted molar refractivity (Wildman–Crippen MR) is 70.5 cm³/mol. The molecule has 0 saturated carbocycles. The fourth-order valence-corrected chi connectivity index (χ4v) is 2.42. The Morgan fingerprint density at radius 3 is 2.08 bits per heavy atom. The van der Waals surface area contributed by atoms with Gasteiger partial charge >= 0.3 is 0 Å². The lowest BCUT2D eigenvalue weighted by Crippen LogP contribution is -2.32. The molecule has 0 bridgehead atoms. The third kappa shape index (κ3) is 2.28. The summed E-state index contributed by atoms with van der Waals surface area (Å²) in [6.45, 7) is 14.1. The fraction of sp³-hybridized carbons (Fsp3) is 0.833. The first kappa shape index (κ1) is 13.5. The summed E-state index contributed by atoms with van der Waals surface area (Å²) in [6.07, 6.45) is 1.30. The molecule has 0 heterocycles. The van der Waals surface area contributed by atoms with Gasteiger partial charge < -0.3 is 0 Å². The van der Waals surface area contributed by atoms with Crippen molar-refractivity contribution in [2.45, 2.75) is 48.0 Å². The molecule has 0 N–H and O–H groups in total. The average molecular weight is 294 g/mol. The SMILES string of the molecule is CC1=C(C)C(C)(C)C(C)C(C)C1.I. The van der Waals surface area contributed by atoms with Crippen LogP contribution >= 0.6 is 24.0 Å². The van der Waals surface area contributed by atoms with Gasteiger partial charge in [0.1, 0.15) is 0 Å². The van der Waals surface area contributed by atoms with Gasteiger partial charge in [-0.15, -0.1) is 24.0 Å². The smallest absolute Gasteiger partial charge is 0.0117 e. The molecule has 0 aromatic heterocycles. The van der Waals surface area contributed by atoms with Crippen molar-refractivity contribution in [3.8, 4) is 0 Å². The van der Waals surface area contributed by atoms with Crippen molar-refractivity contribution in [3.63, 3.8) is 0 Å². The largest absolute Gasteiger partial charge is 0.107 e. The van der Waals surface area contributed by atoms with Crippen molar-refractivity contribution < 1.29 is 0 Å². The molecule has 0 aliphatic heterocycles. The Balaban J connectivity index is 0.00000144. The molecule has 1 aliphatic rings. The zero-order valence-electron chi connectivity index (χ0n) is 9.77. The van der Waals surface area contributed by atoms with Crippen LogP contribution in [0.2, 0.25) is 0 Å². The molecule has 1 heteroatoms. The number of halogens is 1. The zero-order chi connectivity index (χ0) is 9.52. The Morgan fingerprint density at radius 2 is 1.62 bits per heavy atom. The molecule has 1 aliphatic carbocycles. The lowest BCUT2D eigenvalue weighted by atomic mass is 9.63. The zero-order valence-corrected chi connectivity index (χ0v) is 12.1. The summed E-state index contributed by atoms with van der Waals surface area (Å²) in [6, 6.07) is 0. The third-order valence-corrected chi connectivity index (χ3v) is 4.23. The second kappa shape index (κ2) is 4.33. The molecule has 2 atom stereocenters. The Labute approximate surface area is 100 Å². The number of allylic oxidation sites excluding steroid dienone is 2. The van der Waals surface area contributed by atoms with Gasteiger partial charge in [0.05, 0.1) is 0 Å². The van der Waals surface area contributed by atoms with E-state index in [2.05, 4.69) is 41.5 Å². The molecule has 0 saturated heterocycles. The van der Waals surface area contributed by atoms with Gasteiger partial charge in [-0.05, 0) is 37.5 Å². The summed E-state index contributed by atoms with van der Waals surface area (Å²) in [7, 11) is 0. The number of rotatable bonds is 0. The van der Waals surface area contributed by atoms with E-state index in [9.17, 15) is 0 Å². The summed E-state index contributed by atoms with van der Waals surface area (Å²) in [4.78, 5) is 0. The molecule has 2 unspecified atom stereocenters. The Morgan fingerprint density at radius 1 is 1.15 bits per heavy atom. The topological polar surface area (TPSA) is 0 Å². The number of hydrogen-bond acceptors (Lipinski definition) is 0. The molecule has 0 amide bonds. The Hall–Kier alpha value is 0.470. The van der Waals surface area contributed by atoms with Gasteiger partial charge in [-0.1, -0.05) is 38.8 Å². The minimum Gasteiger partial charge on any atom is -0.107 e. The first-order chi connectivity index (χ1) is 5.37. The van der Waals surface area contributed by atoms with E-state index in [1.807, 2.05) is 0 Å². The third-order valence-electron chi connectivity index (χ3n) is 4.23. The maximum Gasteiger partial charge on any atom is -0.0117 e. The van der Waals surface area contributed by atoms with Crippen molar-refractivity contribution in [1.29, 1.82) is 0 Å². The van der Waals surface area contributed by atoms with E-state index in [0.717, 1.165) is 11.8 Å². The maximum atomic E-state index is 2.39. The lowest BCUT2D eigenvalue weighted by molar-refractivity contribution is 0.184. The molecule has 0 nitrogen and oxygen atoms in total. The van der Waals surface area contributed by atoms with Gasteiger partial charge in [0, 0.05) is 0 Å². The molecule has 1 rings (SSSR count). The van der Waals surface area contributed by atoms with Gasteiger partial charge in [0.15, 0.2) is 0 Å². The van der Waals surface area contributed by atoms with Crippen molar-refractivity contribution in [2.24, 2.45) is 17.3 Å². The molecule has 0 aromatic rings. The molecule has 0 radical (unpaired) electrons. The van der Waals surface area contributed by atoms with Crippen LogP contribution in [0.15, 0.2) is 11.1 Å². The van der Waals surface area contributed by atoms with Crippen LogP contribution in [-0.4, -0.2) is 0 Å². The van der Waals surface area contributed by atoms with Crippen LogP contribution < -0.4 is 0 Å². The summed E-state index contributed by atoms with van der Waals surface area (Å²) in [5, 5.41) is 0. The van der Waals surface area contributed by atoms with Gasteiger partial charge in [-0.25, -0.2) is 0 Å². The van der Waals surface area contributed by atoms with E-state index in [1.54, 1.807) is 11.1 Å². The van der Waals surface area contributed by atoms with Crippen molar-refractivity contribution >= 4 is 24.0 Å². The van der Waals surface area contributed by atoms with E-state index >= 15 is 0 Å². The summed E-state index contributed by atoms with van der Waals surface area (Å²) < 4.78 is 0. The first-order valence-corrected chi connectivity index (χ1v) is 5.04. The second-order valence-electron chi connectivity index (χ2n) is 5.10. The highest BCUT2D eigenvalue weighted by Gasteiger charge is 2.35. The van der Waals surface area contributed by atoms with Crippen LogP contribution in [-0.2, 0) is 0 Å². The Bertz CT molecular complexity index is 213. The van der Waals surface area contributed by atoms with Gasteiger partial charge in [0.2, 0.25) is 0 Å². The lowest BCUT2D eigenvalue weighted by Gasteiger charge is -2.42. The van der Waals surface area contributed by atoms with Gasteiger partial charge in [0.25, 0.3) is 0 Å². The van der Waals surface area contributed by atoms with Crippen LogP contribution in [0.1, 0.15) is 48.0 Å².